The third-order valence-corrected chi connectivity index (χ3v) is 2.62. The van der Waals surface area contributed by atoms with Gasteiger partial charge in [0.25, 0.3) is 11.7 Å². The molecule has 0 spiro atoms. The SMILES string of the molecule is CCNC(C)Cc1nc(C(=O)NC2CC2)no1. The topological polar surface area (TPSA) is 80.0 Å². The highest BCUT2D eigenvalue weighted by atomic mass is 16.5. The molecule has 1 aliphatic carbocycles. The average molecular weight is 238 g/mol. The second-order valence-corrected chi connectivity index (χ2v) is 4.42. The van der Waals surface area contributed by atoms with Crippen molar-refractivity contribution in [2.45, 2.75) is 45.2 Å². The smallest absolute Gasteiger partial charge is 0.292 e. The number of hydrogen-bond donors (Lipinski definition) is 2. The molecule has 1 fully saturated rings. The number of nitrogens with zero attached hydrogens (tertiary/aromatic N) is 2. The molecule has 1 unspecified atom stereocenters. The van der Waals surface area contributed by atoms with E-state index in [1.54, 1.807) is 0 Å². The normalized spacial score (nSPS) is 16.8. The van der Waals surface area contributed by atoms with E-state index in [1.165, 1.54) is 0 Å². The zero-order valence-electron chi connectivity index (χ0n) is 10.2. The van der Waals surface area contributed by atoms with Crippen molar-refractivity contribution in [2.24, 2.45) is 0 Å². The molecule has 0 bridgehead atoms. The van der Waals surface area contributed by atoms with E-state index in [9.17, 15) is 4.79 Å². The van der Waals surface area contributed by atoms with Crippen LogP contribution in [0.2, 0.25) is 0 Å². The van der Waals surface area contributed by atoms with Crippen molar-refractivity contribution < 1.29 is 9.32 Å². The Kier molecular flexibility index (Phi) is 3.73. The highest BCUT2D eigenvalue weighted by molar-refractivity contribution is 5.90. The summed E-state index contributed by atoms with van der Waals surface area (Å²) in [6, 6.07) is 0.574. The molecule has 1 atom stereocenters. The molecule has 1 saturated carbocycles. The summed E-state index contributed by atoms with van der Waals surface area (Å²) in [5.74, 6) is 0.397. The van der Waals surface area contributed by atoms with E-state index in [2.05, 4.69) is 20.8 Å². The van der Waals surface area contributed by atoms with E-state index in [1.807, 2.05) is 13.8 Å². The third-order valence-electron chi connectivity index (χ3n) is 2.62. The van der Waals surface area contributed by atoms with E-state index < -0.39 is 0 Å². The predicted octanol–water partition coefficient (Wildman–Crippen LogP) is 0.502. The van der Waals surface area contributed by atoms with E-state index >= 15 is 0 Å². The Balaban J connectivity index is 1.88. The lowest BCUT2D eigenvalue weighted by atomic mass is 10.2. The molecule has 1 aliphatic rings. The van der Waals surface area contributed by atoms with Gasteiger partial charge in [-0.05, 0) is 26.3 Å². The fourth-order valence-corrected chi connectivity index (χ4v) is 1.59. The van der Waals surface area contributed by atoms with Gasteiger partial charge in [-0.1, -0.05) is 12.1 Å². The van der Waals surface area contributed by atoms with Crippen LogP contribution < -0.4 is 10.6 Å². The molecule has 0 radical (unpaired) electrons. The van der Waals surface area contributed by atoms with Gasteiger partial charge in [0.05, 0.1) is 0 Å². The van der Waals surface area contributed by atoms with Crippen molar-refractivity contribution in [2.75, 3.05) is 6.54 Å². The first-order chi connectivity index (χ1) is 8.19. The van der Waals surface area contributed by atoms with Gasteiger partial charge in [-0.25, -0.2) is 0 Å². The van der Waals surface area contributed by atoms with Crippen molar-refractivity contribution >= 4 is 5.91 Å². The molecule has 1 heterocycles. The number of likely N-dealkylation sites (N-methyl/N-ethyl adjacent to an activating group) is 1. The molecular formula is C11H18N4O2. The Bertz CT molecular complexity index is 387. The van der Waals surface area contributed by atoms with Crippen LogP contribution in [0.15, 0.2) is 4.52 Å². The minimum Gasteiger partial charge on any atom is -0.346 e. The zero-order valence-corrected chi connectivity index (χ0v) is 10.2. The maximum Gasteiger partial charge on any atom is 0.292 e. The summed E-state index contributed by atoms with van der Waals surface area (Å²) in [5.41, 5.74) is 0. The van der Waals surface area contributed by atoms with Crippen LogP contribution in [0.25, 0.3) is 0 Å². The molecule has 94 valence electrons. The summed E-state index contributed by atoms with van der Waals surface area (Å²) in [6.45, 7) is 4.97. The number of rotatable bonds is 6. The number of aromatic nitrogens is 2. The van der Waals surface area contributed by atoms with Crippen LogP contribution in [0, 0.1) is 0 Å². The predicted molar refractivity (Wildman–Crippen MR) is 61.6 cm³/mol. The first kappa shape index (κ1) is 12.0. The van der Waals surface area contributed by atoms with E-state index in [4.69, 9.17) is 4.52 Å². The second kappa shape index (κ2) is 5.27. The van der Waals surface area contributed by atoms with Crippen molar-refractivity contribution in [3.63, 3.8) is 0 Å². The molecule has 17 heavy (non-hydrogen) atoms. The number of carbonyl (C=O) groups excluding carboxylic acids is 1. The lowest BCUT2D eigenvalue weighted by Gasteiger charge is -2.07. The minimum absolute atomic E-state index is 0.135. The molecule has 1 amide bonds. The molecule has 2 rings (SSSR count). The van der Waals surface area contributed by atoms with Gasteiger partial charge in [0, 0.05) is 18.5 Å². The van der Waals surface area contributed by atoms with E-state index in [0.717, 1.165) is 19.4 Å². The fraction of sp³-hybridized carbons (Fsp3) is 0.727. The molecule has 1 aromatic heterocycles. The summed E-state index contributed by atoms with van der Waals surface area (Å²) in [5, 5.41) is 9.75. The van der Waals surface area contributed by atoms with Crippen molar-refractivity contribution in [1.29, 1.82) is 0 Å². The molecule has 0 saturated heterocycles. The van der Waals surface area contributed by atoms with Crippen LogP contribution in [0.1, 0.15) is 43.2 Å². The molecule has 6 heteroatoms. The second-order valence-electron chi connectivity index (χ2n) is 4.42. The summed E-state index contributed by atoms with van der Waals surface area (Å²) >= 11 is 0. The van der Waals surface area contributed by atoms with Crippen LogP contribution in [-0.4, -0.2) is 34.7 Å². The van der Waals surface area contributed by atoms with Gasteiger partial charge in [-0.3, -0.25) is 4.79 Å². The number of amides is 1. The first-order valence-corrected chi connectivity index (χ1v) is 6.06. The van der Waals surface area contributed by atoms with Gasteiger partial charge in [0.2, 0.25) is 5.89 Å². The minimum atomic E-state index is -0.237. The summed E-state index contributed by atoms with van der Waals surface area (Å²) < 4.78 is 5.04. The third kappa shape index (κ3) is 3.52. The maximum absolute atomic E-state index is 11.6. The Morgan fingerprint density at radius 1 is 1.59 bits per heavy atom. The zero-order chi connectivity index (χ0) is 12.3. The molecule has 0 aliphatic heterocycles. The lowest BCUT2D eigenvalue weighted by Crippen LogP contribution is -2.28. The first-order valence-electron chi connectivity index (χ1n) is 6.06. The fourth-order valence-electron chi connectivity index (χ4n) is 1.59. The molecule has 1 aromatic rings. The van der Waals surface area contributed by atoms with Gasteiger partial charge in [-0.2, -0.15) is 4.98 Å². The Hall–Kier alpha value is -1.43. The summed E-state index contributed by atoms with van der Waals surface area (Å²) in [7, 11) is 0. The maximum atomic E-state index is 11.6. The highest BCUT2D eigenvalue weighted by Crippen LogP contribution is 2.18. The van der Waals surface area contributed by atoms with Gasteiger partial charge in [0.1, 0.15) is 0 Å². The van der Waals surface area contributed by atoms with Crippen LogP contribution in [0.4, 0.5) is 0 Å². The van der Waals surface area contributed by atoms with Crippen LogP contribution >= 0.6 is 0 Å². The Labute approximate surface area is 100 Å². The van der Waals surface area contributed by atoms with Gasteiger partial charge >= 0.3 is 0 Å². The van der Waals surface area contributed by atoms with Crippen molar-refractivity contribution in [3.05, 3.63) is 11.7 Å². The number of hydrogen-bond acceptors (Lipinski definition) is 5. The average Bonchev–Trinajstić information content (AvgIpc) is 2.96. The molecule has 6 nitrogen and oxygen atoms in total. The van der Waals surface area contributed by atoms with E-state index in [-0.39, 0.29) is 17.8 Å². The Morgan fingerprint density at radius 3 is 3.00 bits per heavy atom. The van der Waals surface area contributed by atoms with Gasteiger partial charge in [0.15, 0.2) is 0 Å². The van der Waals surface area contributed by atoms with Gasteiger partial charge in [-0.15, -0.1) is 0 Å². The van der Waals surface area contributed by atoms with Crippen molar-refractivity contribution in [1.82, 2.24) is 20.8 Å². The van der Waals surface area contributed by atoms with Crippen LogP contribution in [0.3, 0.4) is 0 Å². The lowest BCUT2D eigenvalue weighted by molar-refractivity contribution is 0.0937. The Morgan fingerprint density at radius 2 is 2.35 bits per heavy atom. The molecule has 0 aromatic carbocycles. The monoisotopic (exact) mass is 238 g/mol. The number of carbonyl (C=O) groups is 1. The van der Waals surface area contributed by atoms with Crippen LogP contribution in [0.5, 0.6) is 0 Å². The molecule has 2 N–H and O–H groups in total. The van der Waals surface area contributed by atoms with E-state index in [0.29, 0.717) is 18.4 Å². The summed E-state index contributed by atoms with van der Waals surface area (Å²) in [6.07, 6.45) is 2.74. The highest BCUT2D eigenvalue weighted by Gasteiger charge is 2.26. The summed E-state index contributed by atoms with van der Waals surface area (Å²) in [4.78, 5) is 15.7. The van der Waals surface area contributed by atoms with Crippen molar-refractivity contribution in [3.8, 4) is 0 Å². The molecular weight excluding hydrogens is 220 g/mol. The van der Waals surface area contributed by atoms with Gasteiger partial charge < -0.3 is 15.2 Å². The largest absolute Gasteiger partial charge is 0.346 e. The number of nitrogens with one attached hydrogen (secondary N) is 2. The quantitative estimate of drug-likeness (QED) is 0.754. The standard InChI is InChI=1S/C11H18N4O2/c1-3-12-7(2)6-9-14-10(15-17-9)11(16)13-8-4-5-8/h7-8,12H,3-6H2,1-2H3,(H,13,16). The van der Waals surface area contributed by atoms with Crippen LogP contribution in [-0.2, 0) is 6.42 Å².